The van der Waals surface area contributed by atoms with E-state index in [1.54, 1.807) is 55.0 Å². The highest BCUT2D eigenvalue weighted by Gasteiger charge is 2.32. The zero-order valence-corrected chi connectivity index (χ0v) is 18.1. The fourth-order valence-electron chi connectivity index (χ4n) is 4.36. The number of halogens is 1. The molecule has 1 unspecified atom stereocenters. The van der Waals surface area contributed by atoms with Crippen LogP contribution in [0, 0.1) is 17.1 Å². The highest BCUT2D eigenvalue weighted by molar-refractivity contribution is 5.90. The first-order valence-electron chi connectivity index (χ1n) is 10.8. The van der Waals surface area contributed by atoms with Gasteiger partial charge in [-0.05, 0) is 59.9 Å². The zero-order valence-electron chi connectivity index (χ0n) is 18.1. The second kappa shape index (κ2) is 9.16. The molecule has 0 radical (unpaired) electrons. The molecule has 1 aliphatic carbocycles. The van der Waals surface area contributed by atoms with Gasteiger partial charge < -0.3 is 5.32 Å². The Labute approximate surface area is 195 Å². The van der Waals surface area contributed by atoms with Crippen molar-refractivity contribution in [3.05, 3.63) is 95.2 Å². The molecule has 0 aliphatic heterocycles. The number of anilines is 2. The summed E-state index contributed by atoms with van der Waals surface area (Å²) >= 11 is 0. The number of ketones is 1. The van der Waals surface area contributed by atoms with E-state index in [1.165, 1.54) is 6.07 Å². The smallest absolute Gasteiger partial charge is 0.227 e. The van der Waals surface area contributed by atoms with Gasteiger partial charge in [-0.15, -0.1) is 0 Å². The molecule has 0 saturated heterocycles. The molecule has 2 heterocycles. The first-order valence-corrected chi connectivity index (χ1v) is 10.8. The van der Waals surface area contributed by atoms with Gasteiger partial charge in [-0.25, -0.2) is 14.4 Å². The molecule has 5 rings (SSSR count). The van der Waals surface area contributed by atoms with Gasteiger partial charge in [-0.2, -0.15) is 15.5 Å². The van der Waals surface area contributed by atoms with Gasteiger partial charge in [-0.3, -0.25) is 4.79 Å². The van der Waals surface area contributed by atoms with E-state index in [-0.39, 0.29) is 18.0 Å². The average molecular weight is 450 g/mol. The molecule has 1 atom stereocenters. The molecular weight excluding hydrogens is 431 g/mol. The number of carbonyl (C=O) groups is 1. The van der Waals surface area contributed by atoms with Gasteiger partial charge in [0.05, 0.1) is 35.4 Å². The molecule has 2 aromatic carbocycles. The van der Waals surface area contributed by atoms with Gasteiger partial charge >= 0.3 is 0 Å². The van der Waals surface area contributed by atoms with Crippen LogP contribution in [-0.4, -0.2) is 25.9 Å². The van der Waals surface area contributed by atoms with Crippen LogP contribution in [0.4, 0.5) is 16.0 Å². The van der Waals surface area contributed by atoms with Crippen molar-refractivity contribution in [2.45, 2.75) is 25.2 Å². The van der Waals surface area contributed by atoms with Crippen LogP contribution in [0.1, 0.15) is 34.6 Å². The lowest BCUT2D eigenvalue weighted by Crippen LogP contribution is -2.14. The summed E-state index contributed by atoms with van der Waals surface area (Å²) < 4.78 is 14.1. The topological polar surface area (TPSA) is 104 Å². The molecule has 1 aliphatic rings. The number of nitrogens with zero attached hydrogens (tertiary/aromatic N) is 5. The Kier molecular flexibility index (Phi) is 5.75. The van der Waals surface area contributed by atoms with Crippen LogP contribution < -0.4 is 5.32 Å². The van der Waals surface area contributed by atoms with Gasteiger partial charge in [0, 0.05) is 24.1 Å². The molecule has 0 saturated carbocycles. The van der Waals surface area contributed by atoms with Crippen molar-refractivity contribution in [1.82, 2.24) is 20.2 Å². The average Bonchev–Trinajstić information content (AvgIpc) is 3.30. The minimum absolute atomic E-state index is 0.00814. The molecule has 0 spiro atoms. The molecule has 7 nitrogen and oxygen atoms in total. The van der Waals surface area contributed by atoms with Gasteiger partial charge in [0.15, 0.2) is 0 Å². The van der Waals surface area contributed by atoms with E-state index in [2.05, 4.69) is 31.6 Å². The predicted molar refractivity (Wildman–Crippen MR) is 124 cm³/mol. The highest BCUT2D eigenvalue weighted by Crippen LogP contribution is 2.39. The Hall–Kier alpha value is -4.51. The standard InChI is InChI=1S/C26H19FN6O/c27-22-4-2-1-3-16(22)13-24(34)21-6-5-17-11-18(12-19(14-28)25(17)21)23-8-9-29-26(33-23)32-20-7-10-30-31-15-20/h1-4,7-12,15,21H,5-6,13H2,(H,29,30,32,33). The fraction of sp³-hybridized carbons (Fsp3) is 0.154. The summed E-state index contributed by atoms with van der Waals surface area (Å²) in [5, 5.41) is 20.5. The van der Waals surface area contributed by atoms with Crippen molar-refractivity contribution in [1.29, 1.82) is 5.26 Å². The molecule has 8 heteroatoms. The van der Waals surface area contributed by atoms with E-state index in [1.807, 2.05) is 6.07 Å². The number of nitriles is 1. The summed E-state index contributed by atoms with van der Waals surface area (Å²) in [5.74, 6) is -0.490. The maximum absolute atomic E-state index is 14.1. The number of fused-ring (bicyclic) bond motifs is 1. The number of benzene rings is 2. The lowest BCUT2D eigenvalue weighted by Gasteiger charge is -2.14. The van der Waals surface area contributed by atoms with Crippen LogP contribution in [0.5, 0.6) is 0 Å². The van der Waals surface area contributed by atoms with Crippen LogP contribution in [0.2, 0.25) is 0 Å². The first kappa shape index (κ1) is 21.3. The monoisotopic (exact) mass is 450 g/mol. The van der Waals surface area contributed by atoms with E-state index < -0.39 is 5.92 Å². The van der Waals surface area contributed by atoms with Crippen molar-refractivity contribution >= 4 is 17.4 Å². The summed E-state index contributed by atoms with van der Waals surface area (Å²) in [4.78, 5) is 21.9. The summed E-state index contributed by atoms with van der Waals surface area (Å²) in [6.07, 6.45) is 6.05. The highest BCUT2D eigenvalue weighted by atomic mass is 19.1. The van der Waals surface area contributed by atoms with E-state index in [4.69, 9.17) is 0 Å². The van der Waals surface area contributed by atoms with Crippen LogP contribution >= 0.6 is 0 Å². The molecule has 1 N–H and O–H groups in total. The summed E-state index contributed by atoms with van der Waals surface area (Å²) in [5.41, 5.74) is 4.66. The van der Waals surface area contributed by atoms with E-state index in [0.29, 0.717) is 41.3 Å². The van der Waals surface area contributed by atoms with Gasteiger partial charge in [0.25, 0.3) is 0 Å². The molecule has 0 amide bonds. The van der Waals surface area contributed by atoms with Crippen LogP contribution in [-0.2, 0) is 17.6 Å². The van der Waals surface area contributed by atoms with Gasteiger partial charge in [0.1, 0.15) is 11.6 Å². The number of aromatic nitrogens is 4. The maximum atomic E-state index is 14.1. The molecule has 0 bridgehead atoms. The molecular formula is C26H19FN6O. The Bertz CT molecular complexity index is 1420. The van der Waals surface area contributed by atoms with E-state index in [9.17, 15) is 14.4 Å². The quantitative estimate of drug-likeness (QED) is 0.460. The third-order valence-corrected chi connectivity index (χ3v) is 5.94. The Morgan fingerprint density at radius 1 is 1.15 bits per heavy atom. The third kappa shape index (κ3) is 4.24. The summed E-state index contributed by atoms with van der Waals surface area (Å²) in [6.45, 7) is 0. The van der Waals surface area contributed by atoms with Crippen molar-refractivity contribution in [2.75, 3.05) is 5.32 Å². The fourth-order valence-corrected chi connectivity index (χ4v) is 4.36. The number of Topliss-reactive ketones (excluding diaryl/α,β-unsaturated/α-hetero) is 1. The Morgan fingerprint density at radius 2 is 2.03 bits per heavy atom. The summed E-state index contributed by atoms with van der Waals surface area (Å²) in [6, 6.07) is 15.8. The second-order valence-corrected chi connectivity index (χ2v) is 8.06. The van der Waals surface area contributed by atoms with Crippen LogP contribution in [0.3, 0.4) is 0 Å². The Balaban J connectivity index is 1.44. The minimum atomic E-state index is -0.417. The largest absolute Gasteiger partial charge is 0.323 e. The lowest BCUT2D eigenvalue weighted by molar-refractivity contribution is -0.119. The number of aryl methyl sites for hydroxylation is 1. The SMILES string of the molecule is N#Cc1cc(-c2ccnc(Nc3ccnnc3)n2)cc2c1C(C(=O)Cc1ccccc1F)CC2. The Morgan fingerprint density at radius 3 is 2.82 bits per heavy atom. The van der Waals surface area contributed by atoms with Gasteiger partial charge in [-0.1, -0.05) is 18.2 Å². The van der Waals surface area contributed by atoms with E-state index >= 15 is 0 Å². The van der Waals surface area contributed by atoms with Crippen molar-refractivity contribution in [3.63, 3.8) is 0 Å². The number of rotatable bonds is 6. The number of nitrogens with one attached hydrogen (secondary N) is 1. The molecule has 0 fully saturated rings. The first-order chi connectivity index (χ1) is 16.6. The van der Waals surface area contributed by atoms with E-state index in [0.717, 1.165) is 16.7 Å². The van der Waals surface area contributed by atoms with Crippen molar-refractivity contribution in [3.8, 4) is 17.3 Å². The predicted octanol–water partition coefficient (Wildman–Crippen LogP) is 4.53. The molecule has 166 valence electrons. The zero-order chi connectivity index (χ0) is 23.5. The summed E-state index contributed by atoms with van der Waals surface area (Å²) in [7, 11) is 0. The normalized spacial score (nSPS) is 14.3. The maximum Gasteiger partial charge on any atom is 0.227 e. The third-order valence-electron chi connectivity index (χ3n) is 5.94. The molecule has 4 aromatic rings. The number of hydrogen-bond donors (Lipinski definition) is 1. The van der Waals surface area contributed by atoms with Crippen LogP contribution in [0.25, 0.3) is 11.3 Å². The molecule has 2 aromatic heterocycles. The molecule has 34 heavy (non-hydrogen) atoms. The number of hydrogen-bond acceptors (Lipinski definition) is 7. The number of carbonyl (C=O) groups excluding carboxylic acids is 1. The lowest BCUT2D eigenvalue weighted by atomic mass is 9.88. The van der Waals surface area contributed by atoms with Crippen molar-refractivity contribution < 1.29 is 9.18 Å². The van der Waals surface area contributed by atoms with Gasteiger partial charge in [0.2, 0.25) is 5.95 Å². The second-order valence-electron chi connectivity index (χ2n) is 8.06. The minimum Gasteiger partial charge on any atom is -0.323 e. The van der Waals surface area contributed by atoms with Crippen LogP contribution in [0.15, 0.2) is 67.1 Å². The van der Waals surface area contributed by atoms with Crippen molar-refractivity contribution in [2.24, 2.45) is 0 Å².